The number of H-pyrrole nitrogens is 1. The zero-order chi connectivity index (χ0) is 22.7. The summed E-state index contributed by atoms with van der Waals surface area (Å²) in [6, 6.07) is 4.57. The first-order valence-electron chi connectivity index (χ1n) is 10.1. The number of hydrogen-bond acceptors (Lipinski definition) is 7. The summed E-state index contributed by atoms with van der Waals surface area (Å²) in [5.74, 6) is 2.34. The number of rotatable bonds is 5. The Bertz CT molecular complexity index is 1320. The molecule has 6 rings (SSSR count). The first-order valence-corrected chi connectivity index (χ1v) is 10.8. The van der Waals surface area contributed by atoms with Crippen molar-refractivity contribution in [1.82, 2.24) is 19.7 Å². The van der Waals surface area contributed by atoms with E-state index in [1.54, 1.807) is 6.07 Å². The number of aromatic hydroxyl groups is 1. The molecule has 3 aliphatic carbocycles. The second-order valence-corrected chi connectivity index (χ2v) is 9.15. The van der Waals surface area contributed by atoms with Crippen LogP contribution in [0.2, 0.25) is 10.0 Å². The average Bonchev–Trinajstić information content (AvgIpc) is 2.66. The second kappa shape index (κ2) is 7.53. The monoisotopic (exact) mass is 475 g/mol. The maximum atomic E-state index is 12.1. The molecular formula is C21H19Cl2N5O4. The number of nitrogens with one attached hydrogen (secondary N) is 1. The lowest BCUT2D eigenvalue weighted by Crippen LogP contribution is -2.52. The highest BCUT2D eigenvalue weighted by Gasteiger charge is 2.54. The Balaban J connectivity index is 1.45. The van der Waals surface area contributed by atoms with Gasteiger partial charge >= 0.3 is 5.69 Å². The van der Waals surface area contributed by atoms with Crippen LogP contribution in [0.3, 0.4) is 0 Å². The van der Waals surface area contributed by atoms with Crippen molar-refractivity contribution in [1.29, 1.82) is 0 Å². The minimum atomic E-state index is -0.791. The van der Waals surface area contributed by atoms with Gasteiger partial charge in [0.25, 0.3) is 5.56 Å². The number of hydrogen-bond donors (Lipinski definition) is 3. The molecule has 3 aliphatic rings. The van der Waals surface area contributed by atoms with E-state index in [0.717, 1.165) is 22.1 Å². The molecule has 1 atom stereocenters. The van der Waals surface area contributed by atoms with E-state index in [4.69, 9.17) is 33.7 Å². The Morgan fingerprint density at radius 1 is 1.22 bits per heavy atom. The molecule has 0 spiro atoms. The van der Waals surface area contributed by atoms with Gasteiger partial charge in [0.2, 0.25) is 11.7 Å². The summed E-state index contributed by atoms with van der Waals surface area (Å²) >= 11 is 12.7. The fraction of sp³-hybridized carbons (Fsp3) is 0.333. The normalized spacial score (nSPS) is 22.0. The molecule has 11 heteroatoms. The second-order valence-electron chi connectivity index (χ2n) is 8.34. The Hall–Kier alpha value is -3.04. The lowest BCUT2D eigenvalue weighted by Gasteiger charge is -2.60. The molecule has 3 aromatic rings. The molecule has 1 aromatic carbocycles. The van der Waals surface area contributed by atoms with Crippen LogP contribution in [-0.4, -0.2) is 24.9 Å². The van der Waals surface area contributed by atoms with E-state index in [-0.39, 0.29) is 39.1 Å². The number of aromatic amines is 1. The lowest BCUT2D eigenvalue weighted by molar-refractivity contribution is -0.0940. The van der Waals surface area contributed by atoms with E-state index in [0.29, 0.717) is 11.7 Å². The molecule has 166 valence electrons. The highest BCUT2D eigenvalue weighted by molar-refractivity contribution is 6.37. The predicted molar refractivity (Wildman–Crippen MR) is 119 cm³/mol. The number of nitrogens with zero attached hydrogens (tertiary/aromatic N) is 3. The number of nitrogens with two attached hydrogens (primary N) is 1. The quantitative estimate of drug-likeness (QED) is 0.513. The van der Waals surface area contributed by atoms with Crippen LogP contribution in [0.25, 0.3) is 5.69 Å². The number of ether oxygens (including phenoxy) is 1. The van der Waals surface area contributed by atoms with E-state index in [1.165, 1.54) is 31.2 Å². The Morgan fingerprint density at radius 3 is 2.47 bits per heavy atom. The van der Waals surface area contributed by atoms with Crippen LogP contribution in [0.1, 0.15) is 31.2 Å². The largest absolute Gasteiger partial charge is 0.493 e. The van der Waals surface area contributed by atoms with Crippen LogP contribution in [0, 0.1) is 17.8 Å². The molecule has 2 heterocycles. The van der Waals surface area contributed by atoms with Crippen molar-refractivity contribution in [2.24, 2.45) is 17.8 Å². The number of halogens is 2. The van der Waals surface area contributed by atoms with Crippen LogP contribution < -0.4 is 21.7 Å². The Labute approximate surface area is 191 Å². The van der Waals surface area contributed by atoms with Crippen molar-refractivity contribution in [3.63, 3.8) is 0 Å². The molecule has 0 saturated heterocycles. The number of nitrogen functional groups attached to an aromatic ring is 1. The van der Waals surface area contributed by atoms with Gasteiger partial charge in [-0.25, -0.2) is 9.78 Å². The van der Waals surface area contributed by atoms with Gasteiger partial charge in [-0.3, -0.25) is 9.78 Å². The summed E-state index contributed by atoms with van der Waals surface area (Å²) in [4.78, 5) is 29.7. The third kappa shape index (κ3) is 3.32. The zero-order valence-corrected chi connectivity index (χ0v) is 18.4. The summed E-state index contributed by atoms with van der Waals surface area (Å²) in [5, 5.41) is 14.3. The van der Waals surface area contributed by atoms with Crippen LogP contribution in [0.5, 0.6) is 17.4 Å². The SMILES string of the molecule is CC(c1cc(Oc2c(Cl)cc(-n3nc(N)c(=O)[nH]c3=O)cc2Cl)cnc1O)C1C2CC1C2. The maximum Gasteiger partial charge on any atom is 0.349 e. The van der Waals surface area contributed by atoms with Crippen molar-refractivity contribution in [3.05, 3.63) is 60.8 Å². The number of benzene rings is 1. The van der Waals surface area contributed by atoms with Crippen LogP contribution in [-0.2, 0) is 0 Å². The van der Waals surface area contributed by atoms with Gasteiger partial charge in [0.1, 0.15) is 5.75 Å². The van der Waals surface area contributed by atoms with Crippen LogP contribution in [0.4, 0.5) is 5.82 Å². The summed E-state index contributed by atoms with van der Waals surface area (Å²) < 4.78 is 6.77. The van der Waals surface area contributed by atoms with Gasteiger partial charge in [0.15, 0.2) is 5.75 Å². The fourth-order valence-electron chi connectivity index (χ4n) is 4.67. The molecule has 9 nitrogen and oxygen atoms in total. The van der Waals surface area contributed by atoms with Gasteiger partial charge in [0.05, 0.1) is 21.9 Å². The van der Waals surface area contributed by atoms with E-state index in [9.17, 15) is 14.7 Å². The standard InChI is InChI=1S/C21H19Cl2N5O4/c1-8(16-9-2-10(16)3-9)13-6-12(7-25-19(13)29)32-17-14(22)4-11(5-15(17)23)28-21(31)26-20(30)18(24)27-28/h4-10,16H,2-3H2,1H3,(H2,24,27)(H,25,29)(H,26,30,31). The molecule has 1 unspecified atom stereocenters. The molecular weight excluding hydrogens is 457 g/mol. The number of anilines is 1. The fourth-order valence-corrected chi connectivity index (χ4v) is 5.22. The Kier molecular flexibility index (Phi) is 4.90. The van der Waals surface area contributed by atoms with Gasteiger partial charge in [-0.2, -0.15) is 4.68 Å². The Morgan fingerprint density at radius 2 is 1.88 bits per heavy atom. The topological polar surface area (TPSA) is 136 Å². The minimum absolute atomic E-state index is 0.00944. The molecule has 2 bridgehead atoms. The maximum absolute atomic E-state index is 12.1. The molecule has 0 radical (unpaired) electrons. The molecule has 3 fully saturated rings. The summed E-state index contributed by atoms with van der Waals surface area (Å²) in [5.41, 5.74) is 4.85. The van der Waals surface area contributed by atoms with Crippen molar-refractivity contribution in [2.75, 3.05) is 5.73 Å². The van der Waals surface area contributed by atoms with Gasteiger partial charge in [-0.15, -0.1) is 5.10 Å². The summed E-state index contributed by atoms with van der Waals surface area (Å²) in [6.07, 6.45) is 3.94. The molecule has 2 aromatic heterocycles. The lowest BCUT2D eigenvalue weighted by atomic mass is 9.44. The van der Waals surface area contributed by atoms with Crippen molar-refractivity contribution in [2.45, 2.75) is 25.7 Å². The molecule has 0 amide bonds. The van der Waals surface area contributed by atoms with Gasteiger partial charge in [-0.05, 0) is 54.7 Å². The number of aromatic nitrogens is 4. The van der Waals surface area contributed by atoms with Crippen molar-refractivity contribution in [3.8, 4) is 23.1 Å². The zero-order valence-electron chi connectivity index (χ0n) is 16.9. The van der Waals surface area contributed by atoms with Gasteiger partial charge in [-0.1, -0.05) is 30.1 Å². The smallest absolute Gasteiger partial charge is 0.349 e. The van der Waals surface area contributed by atoms with Crippen LogP contribution in [0.15, 0.2) is 34.0 Å². The molecule has 4 N–H and O–H groups in total. The first kappa shape index (κ1) is 20.8. The van der Waals surface area contributed by atoms with Crippen molar-refractivity contribution >= 4 is 29.0 Å². The number of pyridine rings is 1. The third-order valence-corrected chi connectivity index (χ3v) is 7.10. The first-order chi connectivity index (χ1) is 15.2. The van der Waals surface area contributed by atoms with Gasteiger partial charge < -0.3 is 15.6 Å². The average molecular weight is 476 g/mol. The van der Waals surface area contributed by atoms with E-state index < -0.39 is 11.2 Å². The summed E-state index contributed by atoms with van der Waals surface area (Å²) in [6.45, 7) is 2.10. The predicted octanol–water partition coefficient (Wildman–Crippen LogP) is 3.46. The van der Waals surface area contributed by atoms with E-state index >= 15 is 0 Å². The van der Waals surface area contributed by atoms with Crippen LogP contribution >= 0.6 is 23.2 Å². The molecule has 32 heavy (non-hydrogen) atoms. The van der Waals surface area contributed by atoms with Crippen molar-refractivity contribution < 1.29 is 9.84 Å². The highest BCUT2D eigenvalue weighted by Crippen LogP contribution is 2.63. The molecule has 3 saturated carbocycles. The summed E-state index contributed by atoms with van der Waals surface area (Å²) in [7, 11) is 0. The highest BCUT2D eigenvalue weighted by atomic mass is 35.5. The molecule has 0 aliphatic heterocycles. The third-order valence-electron chi connectivity index (χ3n) is 6.54. The van der Waals surface area contributed by atoms with E-state index in [2.05, 4.69) is 22.0 Å². The van der Waals surface area contributed by atoms with E-state index in [1.807, 2.05) is 0 Å². The van der Waals surface area contributed by atoms with Gasteiger partial charge in [0, 0.05) is 5.56 Å². The minimum Gasteiger partial charge on any atom is -0.493 e.